The van der Waals surface area contributed by atoms with Crippen LogP contribution in [-0.4, -0.2) is 37.2 Å². The summed E-state index contributed by atoms with van der Waals surface area (Å²) in [5, 5.41) is 0. The second-order valence-electron chi connectivity index (χ2n) is 18.8. The zero-order chi connectivity index (χ0) is 50.0. The van der Waals surface area contributed by atoms with Gasteiger partial charge in [0.2, 0.25) is 0 Å². The fourth-order valence-corrected chi connectivity index (χ4v) is 7.66. The first-order valence-electron chi connectivity index (χ1n) is 28.7. The van der Waals surface area contributed by atoms with Crippen LogP contribution in [0.2, 0.25) is 0 Å². The number of hydrogen-bond donors (Lipinski definition) is 0. The summed E-state index contributed by atoms with van der Waals surface area (Å²) in [5.74, 6) is -0.949. The molecule has 1 atom stereocenters. The molecule has 0 N–H and O–H groups in total. The topological polar surface area (TPSA) is 78.9 Å². The van der Waals surface area contributed by atoms with Crippen LogP contribution in [0.3, 0.4) is 0 Å². The number of carbonyl (C=O) groups is 3. The number of allylic oxidation sites excluding steroid dienone is 16. The quantitative estimate of drug-likeness (QED) is 0.0262. The molecule has 0 aromatic carbocycles. The van der Waals surface area contributed by atoms with Gasteiger partial charge in [0.15, 0.2) is 6.10 Å². The Morgan fingerprint density at radius 1 is 0.290 bits per heavy atom. The molecule has 0 rings (SSSR count). The van der Waals surface area contributed by atoms with Crippen LogP contribution in [0.1, 0.15) is 265 Å². The summed E-state index contributed by atoms with van der Waals surface area (Å²) in [6, 6.07) is 0. The molecule has 0 unspecified atom stereocenters. The lowest BCUT2D eigenvalue weighted by atomic mass is 10.1. The highest BCUT2D eigenvalue weighted by Gasteiger charge is 2.19. The van der Waals surface area contributed by atoms with E-state index in [0.717, 1.165) is 122 Å². The SMILES string of the molecule is CCCCC/C=C\C/C=C\C/C=C\C/C=C\CCCCCC(=O)OC[C@H](COC(=O)CCCCCCC/C=C\C/C=C\CCCCC)OC(=O)CCCCCCCCC/C=C\C/C=C\CCCCC. The van der Waals surface area contributed by atoms with E-state index in [1.54, 1.807) is 0 Å². The van der Waals surface area contributed by atoms with E-state index in [-0.39, 0.29) is 31.1 Å². The first kappa shape index (κ1) is 65.3. The summed E-state index contributed by atoms with van der Waals surface area (Å²) in [6.07, 6.45) is 75.3. The molecule has 0 aromatic rings. The molecule has 0 saturated carbocycles. The molecule has 69 heavy (non-hydrogen) atoms. The van der Waals surface area contributed by atoms with Crippen molar-refractivity contribution in [1.82, 2.24) is 0 Å². The molecule has 0 aliphatic heterocycles. The van der Waals surface area contributed by atoms with Crippen LogP contribution in [-0.2, 0) is 28.6 Å². The third-order valence-electron chi connectivity index (χ3n) is 12.0. The van der Waals surface area contributed by atoms with Crippen molar-refractivity contribution < 1.29 is 28.6 Å². The Labute approximate surface area is 426 Å². The predicted molar refractivity (Wildman–Crippen MR) is 297 cm³/mol. The standard InChI is InChI=1S/C63H106O6/c1-4-7-10-13-16-19-22-25-28-30-31-33-35-38-41-44-47-50-53-56-62(65)68-59-60(58-67-61(64)55-52-49-46-43-40-37-34-27-24-21-18-15-12-9-6-3)69-63(66)57-54-51-48-45-42-39-36-32-29-26-23-20-17-14-11-8-5-2/h16-21,25-29,31,33-34,38,41,60H,4-15,22-24,30,32,35-37,39-40,42-59H2,1-3H3/b19-16-,20-17-,21-18-,28-25-,29-26-,33-31-,34-27-,41-38-/t60-/m0/s1. The predicted octanol–water partition coefficient (Wildman–Crippen LogP) is 19.3. The average Bonchev–Trinajstić information content (AvgIpc) is 3.35. The van der Waals surface area contributed by atoms with Gasteiger partial charge in [0.05, 0.1) is 0 Å². The van der Waals surface area contributed by atoms with Gasteiger partial charge in [-0.15, -0.1) is 0 Å². The van der Waals surface area contributed by atoms with E-state index < -0.39 is 6.10 Å². The third-order valence-corrected chi connectivity index (χ3v) is 12.0. The smallest absolute Gasteiger partial charge is 0.306 e. The molecule has 6 heteroatoms. The van der Waals surface area contributed by atoms with Crippen molar-refractivity contribution in [3.63, 3.8) is 0 Å². The highest BCUT2D eigenvalue weighted by Crippen LogP contribution is 2.14. The summed E-state index contributed by atoms with van der Waals surface area (Å²) >= 11 is 0. The van der Waals surface area contributed by atoms with Crippen LogP contribution in [0.5, 0.6) is 0 Å². The molecule has 0 heterocycles. The minimum atomic E-state index is -0.802. The maximum absolute atomic E-state index is 12.9. The summed E-state index contributed by atoms with van der Waals surface area (Å²) < 4.78 is 16.8. The van der Waals surface area contributed by atoms with E-state index in [1.807, 2.05) is 0 Å². The molecular formula is C63H106O6. The highest BCUT2D eigenvalue weighted by atomic mass is 16.6. The molecule has 6 nitrogen and oxygen atoms in total. The Hall–Kier alpha value is -3.67. The van der Waals surface area contributed by atoms with Gasteiger partial charge in [-0.2, -0.15) is 0 Å². The minimum absolute atomic E-state index is 0.0991. The molecule has 0 saturated heterocycles. The minimum Gasteiger partial charge on any atom is -0.462 e. The van der Waals surface area contributed by atoms with Crippen LogP contribution in [0, 0.1) is 0 Å². The molecular weight excluding hydrogens is 853 g/mol. The van der Waals surface area contributed by atoms with Gasteiger partial charge in [0.1, 0.15) is 13.2 Å². The third kappa shape index (κ3) is 55.1. The fourth-order valence-electron chi connectivity index (χ4n) is 7.66. The van der Waals surface area contributed by atoms with Crippen LogP contribution in [0.25, 0.3) is 0 Å². The van der Waals surface area contributed by atoms with Gasteiger partial charge in [-0.3, -0.25) is 14.4 Å². The van der Waals surface area contributed by atoms with Crippen molar-refractivity contribution in [1.29, 1.82) is 0 Å². The maximum atomic E-state index is 12.9. The van der Waals surface area contributed by atoms with Gasteiger partial charge in [0.25, 0.3) is 0 Å². The molecule has 0 fully saturated rings. The number of hydrogen-bond acceptors (Lipinski definition) is 6. The molecule has 0 radical (unpaired) electrons. The largest absolute Gasteiger partial charge is 0.462 e. The summed E-state index contributed by atoms with van der Waals surface area (Å²) in [5.41, 5.74) is 0. The fraction of sp³-hybridized carbons (Fsp3) is 0.698. The molecule has 0 spiro atoms. The monoisotopic (exact) mass is 959 g/mol. The zero-order valence-corrected chi connectivity index (χ0v) is 45.0. The second kappa shape index (κ2) is 56.9. The van der Waals surface area contributed by atoms with Crippen LogP contribution >= 0.6 is 0 Å². The number of ether oxygens (including phenoxy) is 3. The zero-order valence-electron chi connectivity index (χ0n) is 45.0. The van der Waals surface area contributed by atoms with Gasteiger partial charge in [0, 0.05) is 19.3 Å². The van der Waals surface area contributed by atoms with E-state index >= 15 is 0 Å². The van der Waals surface area contributed by atoms with Crippen LogP contribution in [0.15, 0.2) is 97.2 Å². The van der Waals surface area contributed by atoms with Crippen molar-refractivity contribution in [3.05, 3.63) is 97.2 Å². The average molecular weight is 960 g/mol. The van der Waals surface area contributed by atoms with E-state index in [1.165, 1.54) is 103 Å². The lowest BCUT2D eigenvalue weighted by Crippen LogP contribution is -2.30. The maximum Gasteiger partial charge on any atom is 0.306 e. The lowest BCUT2D eigenvalue weighted by molar-refractivity contribution is -0.167. The summed E-state index contributed by atoms with van der Waals surface area (Å²) in [7, 11) is 0. The Morgan fingerprint density at radius 2 is 0.522 bits per heavy atom. The first-order chi connectivity index (χ1) is 34.0. The Bertz CT molecular complexity index is 1380. The normalized spacial score (nSPS) is 12.8. The van der Waals surface area contributed by atoms with E-state index in [0.29, 0.717) is 19.3 Å². The Morgan fingerprint density at radius 3 is 0.826 bits per heavy atom. The number of rotatable bonds is 51. The summed E-state index contributed by atoms with van der Waals surface area (Å²) in [4.78, 5) is 38.2. The number of esters is 3. The molecule has 0 aliphatic rings. The number of unbranched alkanes of at least 4 members (excludes halogenated alkanes) is 24. The summed E-state index contributed by atoms with van der Waals surface area (Å²) in [6.45, 7) is 6.52. The lowest BCUT2D eigenvalue weighted by Gasteiger charge is -2.18. The van der Waals surface area contributed by atoms with Crippen molar-refractivity contribution in [3.8, 4) is 0 Å². The van der Waals surface area contributed by atoms with Gasteiger partial charge >= 0.3 is 17.9 Å². The molecule has 0 aromatic heterocycles. The van der Waals surface area contributed by atoms with Crippen LogP contribution in [0.4, 0.5) is 0 Å². The van der Waals surface area contributed by atoms with Crippen molar-refractivity contribution in [2.75, 3.05) is 13.2 Å². The van der Waals surface area contributed by atoms with Gasteiger partial charge in [-0.1, -0.05) is 214 Å². The molecule has 0 bridgehead atoms. The van der Waals surface area contributed by atoms with E-state index in [2.05, 4.69) is 118 Å². The molecule has 394 valence electrons. The number of carbonyl (C=O) groups excluding carboxylic acids is 3. The first-order valence-corrected chi connectivity index (χ1v) is 28.7. The Kier molecular flexibility index (Phi) is 53.9. The second-order valence-corrected chi connectivity index (χ2v) is 18.8. The highest BCUT2D eigenvalue weighted by molar-refractivity contribution is 5.71. The van der Waals surface area contributed by atoms with Gasteiger partial charge < -0.3 is 14.2 Å². The van der Waals surface area contributed by atoms with Gasteiger partial charge in [-0.05, 0) is 128 Å². The Balaban J connectivity index is 4.49. The molecule has 0 aliphatic carbocycles. The van der Waals surface area contributed by atoms with E-state index in [9.17, 15) is 14.4 Å². The van der Waals surface area contributed by atoms with Crippen LogP contribution < -0.4 is 0 Å². The van der Waals surface area contributed by atoms with E-state index in [4.69, 9.17) is 14.2 Å². The van der Waals surface area contributed by atoms with Gasteiger partial charge in [-0.25, -0.2) is 0 Å². The van der Waals surface area contributed by atoms with Crippen molar-refractivity contribution in [2.45, 2.75) is 271 Å². The van der Waals surface area contributed by atoms with Crippen molar-refractivity contribution in [2.24, 2.45) is 0 Å². The van der Waals surface area contributed by atoms with Crippen molar-refractivity contribution >= 4 is 17.9 Å². The molecule has 0 amide bonds.